The fraction of sp³-hybridized carbons (Fsp3) is 0.556. The first-order valence-electron chi connectivity index (χ1n) is 13.8. The van der Waals surface area contributed by atoms with E-state index >= 15 is 0 Å². The second-order valence-corrected chi connectivity index (χ2v) is 14.1. The summed E-state index contributed by atoms with van der Waals surface area (Å²) in [4.78, 5) is 41.1. The summed E-state index contributed by atoms with van der Waals surface area (Å²) in [5.74, 6) is 0.0478. The van der Waals surface area contributed by atoms with Gasteiger partial charge in [0.05, 0.1) is 23.4 Å². The molecule has 3 heterocycles. The van der Waals surface area contributed by atoms with E-state index in [2.05, 4.69) is 20.4 Å². The van der Waals surface area contributed by atoms with Gasteiger partial charge in [-0.15, -0.1) is 11.3 Å². The maximum Gasteiger partial charge on any atom is 0.280 e. The molecule has 2 saturated heterocycles. The third-order valence-corrected chi connectivity index (χ3v) is 10.8. The van der Waals surface area contributed by atoms with Crippen molar-refractivity contribution in [3.05, 3.63) is 40.9 Å². The van der Waals surface area contributed by atoms with Crippen molar-refractivity contribution in [1.29, 1.82) is 0 Å². The maximum absolute atomic E-state index is 13.3. The number of benzene rings is 1. The Hall–Kier alpha value is -2.87. The molecule has 2 saturated carbocycles. The summed E-state index contributed by atoms with van der Waals surface area (Å²) in [6.07, 6.45) is 5.60. The molecule has 0 radical (unpaired) electrons. The molecule has 2 aromatic rings. The highest BCUT2D eigenvalue weighted by molar-refractivity contribution is 7.92. The van der Waals surface area contributed by atoms with Crippen LogP contribution in [0.15, 0.2) is 40.5 Å². The van der Waals surface area contributed by atoms with Gasteiger partial charge in [0, 0.05) is 61.7 Å². The SMILES string of the molecule is O=C(Nc1ncc(CN2CCN(C(=O)C3CC3)CC2)s1)C(=NO[C@@H]1CCOC1)c1ccc(S(=O)(=O)C2CC2)cc1. The molecule has 1 N–H and O–H groups in total. The van der Waals surface area contributed by atoms with Crippen molar-refractivity contribution in [2.75, 3.05) is 44.7 Å². The lowest BCUT2D eigenvalue weighted by Gasteiger charge is -2.34. The smallest absolute Gasteiger partial charge is 0.280 e. The monoisotopic (exact) mass is 587 g/mol. The van der Waals surface area contributed by atoms with Crippen LogP contribution in [0.2, 0.25) is 0 Å². The number of amides is 2. The Labute approximate surface area is 237 Å². The van der Waals surface area contributed by atoms with E-state index in [0.717, 1.165) is 43.9 Å². The highest BCUT2D eigenvalue weighted by Crippen LogP contribution is 2.34. The van der Waals surface area contributed by atoms with E-state index in [1.54, 1.807) is 18.3 Å². The minimum Gasteiger partial charge on any atom is -0.389 e. The minimum atomic E-state index is -3.34. The fourth-order valence-electron chi connectivity index (χ4n) is 4.85. The van der Waals surface area contributed by atoms with E-state index in [1.807, 2.05) is 4.90 Å². The van der Waals surface area contributed by atoms with E-state index < -0.39 is 15.7 Å². The molecule has 11 nitrogen and oxygen atoms in total. The number of oxime groups is 1. The molecule has 1 aromatic carbocycles. The molecule has 2 amide bonds. The van der Waals surface area contributed by atoms with Crippen molar-refractivity contribution in [2.24, 2.45) is 11.1 Å². The van der Waals surface area contributed by atoms with Crippen molar-refractivity contribution in [3.63, 3.8) is 0 Å². The van der Waals surface area contributed by atoms with Crippen molar-refractivity contribution >= 4 is 43.8 Å². The van der Waals surface area contributed by atoms with Gasteiger partial charge in [-0.2, -0.15) is 0 Å². The maximum atomic E-state index is 13.3. The summed E-state index contributed by atoms with van der Waals surface area (Å²) in [6.45, 7) is 4.77. The molecule has 40 heavy (non-hydrogen) atoms. The molecule has 4 fully saturated rings. The van der Waals surface area contributed by atoms with Gasteiger partial charge in [0.1, 0.15) is 0 Å². The van der Waals surface area contributed by atoms with Crippen LogP contribution in [0.1, 0.15) is 42.5 Å². The van der Waals surface area contributed by atoms with Gasteiger partial charge >= 0.3 is 0 Å². The van der Waals surface area contributed by atoms with Crippen LogP contribution in [-0.2, 0) is 35.5 Å². The fourth-order valence-corrected chi connectivity index (χ4v) is 7.36. The number of hydrogen-bond acceptors (Lipinski definition) is 10. The predicted molar refractivity (Wildman–Crippen MR) is 149 cm³/mol. The molecule has 0 bridgehead atoms. The number of hydrogen-bond donors (Lipinski definition) is 1. The molecule has 2 aliphatic carbocycles. The first kappa shape index (κ1) is 27.3. The van der Waals surface area contributed by atoms with Crippen LogP contribution in [-0.4, -0.2) is 91.5 Å². The van der Waals surface area contributed by atoms with Gasteiger partial charge in [0.15, 0.2) is 26.8 Å². The highest BCUT2D eigenvalue weighted by atomic mass is 32.2. The van der Waals surface area contributed by atoms with Gasteiger partial charge in [-0.1, -0.05) is 17.3 Å². The van der Waals surface area contributed by atoms with Crippen molar-refractivity contribution < 1.29 is 27.6 Å². The molecule has 1 atom stereocenters. The zero-order valence-electron chi connectivity index (χ0n) is 22.2. The normalized spacial score (nSPS) is 22.4. The molecule has 13 heteroatoms. The lowest BCUT2D eigenvalue weighted by atomic mass is 10.1. The summed E-state index contributed by atoms with van der Waals surface area (Å²) < 4.78 is 30.5. The first-order valence-corrected chi connectivity index (χ1v) is 16.2. The largest absolute Gasteiger partial charge is 0.389 e. The Balaban J connectivity index is 1.10. The number of carbonyl (C=O) groups excluding carboxylic acids is 2. The Kier molecular flexibility index (Phi) is 7.89. The number of anilines is 1. The quantitative estimate of drug-likeness (QED) is 0.331. The van der Waals surface area contributed by atoms with Crippen LogP contribution >= 0.6 is 11.3 Å². The Morgan fingerprint density at radius 1 is 1.07 bits per heavy atom. The first-order chi connectivity index (χ1) is 19.4. The van der Waals surface area contributed by atoms with E-state index in [0.29, 0.717) is 55.6 Å². The van der Waals surface area contributed by atoms with Gasteiger partial charge < -0.3 is 14.5 Å². The minimum absolute atomic E-state index is 0.0375. The van der Waals surface area contributed by atoms with Crippen LogP contribution in [0.4, 0.5) is 5.13 Å². The topological polar surface area (TPSA) is 130 Å². The second kappa shape index (κ2) is 11.6. The number of piperazine rings is 1. The average Bonchev–Trinajstić information content (AvgIpc) is 3.89. The summed E-state index contributed by atoms with van der Waals surface area (Å²) in [5.41, 5.74) is 0.483. The number of thiazole rings is 1. The summed E-state index contributed by atoms with van der Waals surface area (Å²) in [7, 11) is -3.34. The Morgan fingerprint density at radius 3 is 2.48 bits per heavy atom. The lowest BCUT2D eigenvalue weighted by Crippen LogP contribution is -2.48. The Morgan fingerprint density at radius 2 is 1.82 bits per heavy atom. The van der Waals surface area contributed by atoms with Crippen LogP contribution in [0.25, 0.3) is 0 Å². The van der Waals surface area contributed by atoms with Crippen LogP contribution < -0.4 is 5.32 Å². The lowest BCUT2D eigenvalue weighted by molar-refractivity contribution is -0.134. The summed E-state index contributed by atoms with van der Waals surface area (Å²) in [6, 6.07) is 6.21. The zero-order chi connectivity index (χ0) is 27.7. The predicted octanol–water partition coefficient (Wildman–Crippen LogP) is 2.28. The van der Waals surface area contributed by atoms with E-state index in [4.69, 9.17) is 9.57 Å². The second-order valence-electron chi connectivity index (χ2n) is 10.8. The molecule has 4 aliphatic rings. The molecular formula is C27H33N5O6S2. The van der Waals surface area contributed by atoms with E-state index in [9.17, 15) is 18.0 Å². The van der Waals surface area contributed by atoms with Crippen molar-refractivity contribution in [3.8, 4) is 0 Å². The number of ether oxygens (including phenoxy) is 1. The highest BCUT2D eigenvalue weighted by Gasteiger charge is 2.37. The third-order valence-electron chi connectivity index (χ3n) is 7.58. The van der Waals surface area contributed by atoms with Crippen molar-refractivity contribution in [1.82, 2.24) is 14.8 Å². The van der Waals surface area contributed by atoms with Crippen LogP contribution in [0.5, 0.6) is 0 Å². The van der Waals surface area contributed by atoms with E-state index in [-0.39, 0.29) is 27.9 Å². The Bertz CT molecular complexity index is 1370. The number of rotatable bonds is 10. The molecule has 0 spiro atoms. The van der Waals surface area contributed by atoms with Crippen LogP contribution in [0, 0.1) is 5.92 Å². The number of sulfone groups is 1. The summed E-state index contributed by atoms with van der Waals surface area (Å²) >= 11 is 1.39. The van der Waals surface area contributed by atoms with Gasteiger partial charge in [0.25, 0.3) is 5.91 Å². The van der Waals surface area contributed by atoms with E-state index in [1.165, 1.54) is 23.5 Å². The van der Waals surface area contributed by atoms with Gasteiger partial charge in [-0.25, -0.2) is 13.4 Å². The standard InChI is InChI=1S/C27H33N5O6S2/c33-25(29-27-28-15-21(39-27)16-31-10-12-32(13-11-31)26(34)19-1-2-19)24(30-38-20-9-14-37-17-20)18-3-5-22(6-4-18)40(35,36)23-7-8-23/h3-6,15,19-20,23H,1-2,7-14,16-17H2,(H,28,29,33)/t20-/m1/s1. The van der Waals surface area contributed by atoms with Crippen molar-refractivity contribution in [2.45, 2.75) is 54.9 Å². The molecule has 6 rings (SSSR count). The molecule has 2 aliphatic heterocycles. The summed E-state index contributed by atoms with van der Waals surface area (Å²) in [5, 5.41) is 7.11. The molecule has 1 aromatic heterocycles. The van der Waals surface area contributed by atoms with Crippen LogP contribution in [0.3, 0.4) is 0 Å². The molecule has 214 valence electrons. The number of nitrogens with zero attached hydrogens (tertiary/aromatic N) is 4. The number of aromatic nitrogens is 1. The van der Waals surface area contributed by atoms with Gasteiger partial charge in [-0.3, -0.25) is 19.8 Å². The average molecular weight is 588 g/mol. The number of nitrogens with one attached hydrogen (secondary N) is 1. The number of carbonyl (C=O) groups is 2. The van der Waals surface area contributed by atoms with Gasteiger partial charge in [0.2, 0.25) is 5.91 Å². The molecular weight excluding hydrogens is 554 g/mol. The molecule has 0 unspecified atom stereocenters. The van der Waals surface area contributed by atoms with Gasteiger partial charge in [-0.05, 0) is 37.8 Å². The zero-order valence-corrected chi connectivity index (χ0v) is 23.8. The third kappa shape index (κ3) is 6.37.